The average molecular weight is 228 g/mol. The van der Waals surface area contributed by atoms with Crippen molar-refractivity contribution in [2.24, 2.45) is 0 Å². The van der Waals surface area contributed by atoms with E-state index < -0.39 is 0 Å². The zero-order chi connectivity index (χ0) is 12.2. The number of hydrogen-bond acceptors (Lipinski definition) is 2. The summed E-state index contributed by atoms with van der Waals surface area (Å²) in [6, 6.07) is 0.756. The Hall–Kier alpha value is -0.0800. The highest BCUT2D eigenvalue weighted by molar-refractivity contribution is 4.66. The van der Waals surface area contributed by atoms with Crippen LogP contribution >= 0.6 is 0 Å². The first-order valence-electron chi connectivity index (χ1n) is 7.24. The Labute approximate surface area is 103 Å². The fraction of sp³-hybridized carbons (Fsp3) is 1.00. The lowest BCUT2D eigenvalue weighted by Gasteiger charge is -2.20. The van der Waals surface area contributed by atoms with Gasteiger partial charge in [-0.25, -0.2) is 0 Å². The van der Waals surface area contributed by atoms with Crippen molar-refractivity contribution in [2.45, 2.75) is 65.8 Å². The van der Waals surface area contributed by atoms with Crippen molar-refractivity contribution in [1.29, 1.82) is 0 Å². The second-order valence-corrected chi connectivity index (χ2v) is 4.61. The third-order valence-electron chi connectivity index (χ3n) is 3.25. The lowest BCUT2D eigenvalue weighted by molar-refractivity contribution is 0.293. The molecule has 1 N–H and O–H groups in total. The molecule has 2 heteroatoms. The largest absolute Gasteiger partial charge is 0.314 e. The lowest BCUT2D eigenvalue weighted by atomic mass is 10.1. The Morgan fingerprint density at radius 2 is 1.50 bits per heavy atom. The maximum atomic E-state index is 3.70. The van der Waals surface area contributed by atoms with E-state index >= 15 is 0 Å². The molecule has 0 amide bonds. The third kappa shape index (κ3) is 8.12. The van der Waals surface area contributed by atoms with E-state index in [0.29, 0.717) is 0 Å². The molecule has 0 aromatic heterocycles. The van der Waals surface area contributed by atoms with E-state index in [0.717, 1.165) is 6.04 Å². The van der Waals surface area contributed by atoms with Crippen LogP contribution in [0.2, 0.25) is 0 Å². The van der Waals surface area contributed by atoms with Crippen molar-refractivity contribution < 1.29 is 0 Å². The smallest absolute Gasteiger partial charge is 0.00668 e. The SMILES string of the molecule is CCCC(CCC)NCCCN(CC)CC. The molecule has 0 aliphatic heterocycles. The molecule has 0 unspecified atom stereocenters. The summed E-state index contributed by atoms with van der Waals surface area (Å²) < 4.78 is 0. The van der Waals surface area contributed by atoms with Crippen molar-refractivity contribution in [3.05, 3.63) is 0 Å². The summed E-state index contributed by atoms with van der Waals surface area (Å²) in [6.45, 7) is 13.8. The normalized spacial score (nSPS) is 11.6. The number of nitrogens with zero attached hydrogens (tertiary/aromatic N) is 1. The quantitative estimate of drug-likeness (QED) is 0.546. The van der Waals surface area contributed by atoms with Gasteiger partial charge in [-0.15, -0.1) is 0 Å². The Balaban J connectivity index is 3.52. The molecule has 0 spiro atoms. The lowest BCUT2D eigenvalue weighted by Crippen LogP contribution is -2.32. The molecule has 0 aliphatic carbocycles. The molecule has 0 fully saturated rings. The van der Waals surface area contributed by atoms with E-state index in [2.05, 4.69) is 37.9 Å². The minimum absolute atomic E-state index is 0.756. The van der Waals surface area contributed by atoms with Gasteiger partial charge in [0.2, 0.25) is 0 Å². The maximum absolute atomic E-state index is 3.70. The van der Waals surface area contributed by atoms with Gasteiger partial charge in [0, 0.05) is 6.04 Å². The van der Waals surface area contributed by atoms with Crippen LogP contribution in [-0.4, -0.2) is 37.1 Å². The number of nitrogens with one attached hydrogen (secondary N) is 1. The van der Waals surface area contributed by atoms with Crippen LogP contribution in [0.25, 0.3) is 0 Å². The van der Waals surface area contributed by atoms with E-state index in [1.807, 2.05) is 0 Å². The first kappa shape index (κ1) is 15.9. The Kier molecular flexibility index (Phi) is 11.3. The summed E-state index contributed by atoms with van der Waals surface area (Å²) >= 11 is 0. The van der Waals surface area contributed by atoms with Gasteiger partial charge in [0.05, 0.1) is 0 Å². The maximum Gasteiger partial charge on any atom is 0.00668 e. The van der Waals surface area contributed by atoms with Gasteiger partial charge in [-0.05, 0) is 45.4 Å². The van der Waals surface area contributed by atoms with E-state index in [1.165, 1.54) is 58.3 Å². The first-order chi connectivity index (χ1) is 7.78. The monoisotopic (exact) mass is 228 g/mol. The Morgan fingerprint density at radius 1 is 0.938 bits per heavy atom. The summed E-state index contributed by atoms with van der Waals surface area (Å²) in [5.74, 6) is 0. The summed E-state index contributed by atoms with van der Waals surface area (Å²) in [5.41, 5.74) is 0. The molecule has 0 rings (SSSR count). The van der Waals surface area contributed by atoms with Gasteiger partial charge in [0.15, 0.2) is 0 Å². The van der Waals surface area contributed by atoms with Crippen molar-refractivity contribution >= 4 is 0 Å². The topological polar surface area (TPSA) is 15.3 Å². The Bertz CT molecular complexity index is 127. The molecule has 0 saturated carbocycles. The summed E-state index contributed by atoms with van der Waals surface area (Å²) in [4.78, 5) is 2.50. The fourth-order valence-corrected chi connectivity index (χ4v) is 2.19. The van der Waals surface area contributed by atoms with Gasteiger partial charge in [-0.2, -0.15) is 0 Å². The highest BCUT2D eigenvalue weighted by Crippen LogP contribution is 2.04. The molecule has 16 heavy (non-hydrogen) atoms. The highest BCUT2D eigenvalue weighted by atomic mass is 15.1. The second-order valence-electron chi connectivity index (χ2n) is 4.61. The van der Waals surface area contributed by atoms with Gasteiger partial charge in [-0.1, -0.05) is 40.5 Å². The standard InChI is InChI=1S/C14H32N2/c1-5-10-14(11-6-2)15-12-9-13-16(7-3)8-4/h14-15H,5-13H2,1-4H3. The van der Waals surface area contributed by atoms with Gasteiger partial charge in [0.1, 0.15) is 0 Å². The highest BCUT2D eigenvalue weighted by Gasteiger charge is 2.05. The molecule has 0 aliphatic rings. The minimum Gasteiger partial charge on any atom is -0.314 e. The fourth-order valence-electron chi connectivity index (χ4n) is 2.19. The summed E-state index contributed by atoms with van der Waals surface area (Å²) in [6.07, 6.45) is 6.55. The predicted molar refractivity (Wildman–Crippen MR) is 74.0 cm³/mol. The van der Waals surface area contributed by atoms with Crippen LogP contribution in [0.15, 0.2) is 0 Å². The molecule has 0 atom stereocenters. The van der Waals surface area contributed by atoms with Crippen molar-refractivity contribution in [2.75, 3.05) is 26.2 Å². The van der Waals surface area contributed by atoms with E-state index in [1.54, 1.807) is 0 Å². The Morgan fingerprint density at radius 3 is 1.94 bits per heavy atom. The van der Waals surface area contributed by atoms with E-state index in [-0.39, 0.29) is 0 Å². The van der Waals surface area contributed by atoms with Crippen molar-refractivity contribution in [1.82, 2.24) is 10.2 Å². The molecule has 0 bridgehead atoms. The molecule has 0 heterocycles. The molecular weight excluding hydrogens is 196 g/mol. The second kappa shape index (κ2) is 11.4. The van der Waals surface area contributed by atoms with Gasteiger partial charge in [0.25, 0.3) is 0 Å². The van der Waals surface area contributed by atoms with Crippen LogP contribution in [0.3, 0.4) is 0 Å². The van der Waals surface area contributed by atoms with Crippen LogP contribution in [0.1, 0.15) is 59.8 Å². The van der Waals surface area contributed by atoms with Crippen LogP contribution in [0, 0.1) is 0 Å². The molecule has 0 aromatic carbocycles. The third-order valence-corrected chi connectivity index (χ3v) is 3.25. The van der Waals surface area contributed by atoms with Crippen LogP contribution in [-0.2, 0) is 0 Å². The first-order valence-corrected chi connectivity index (χ1v) is 7.24. The summed E-state index contributed by atoms with van der Waals surface area (Å²) in [5, 5.41) is 3.70. The van der Waals surface area contributed by atoms with Gasteiger partial charge < -0.3 is 10.2 Å². The minimum atomic E-state index is 0.756. The van der Waals surface area contributed by atoms with Crippen LogP contribution in [0.4, 0.5) is 0 Å². The molecule has 98 valence electrons. The van der Waals surface area contributed by atoms with Crippen LogP contribution < -0.4 is 5.32 Å². The molecule has 0 saturated heterocycles. The molecule has 2 nitrogen and oxygen atoms in total. The molecule has 0 aromatic rings. The number of rotatable bonds is 11. The average Bonchev–Trinajstić information content (AvgIpc) is 2.30. The molecule has 0 radical (unpaired) electrons. The van der Waals surface area contributed by atoms with Gasteiger partial charge >= 0.3 is 0 Å². The molecular formula is C14H32N2. The van der Waals surface area contributed by atoms with E-state index in [4.69, 9.17) is 0 Å². The van der Waals surface area contributed by atoms with Crippen molar-refractivity contribution in [3.63, 3.8) is 0 Å². The van der Waals surface area contributed by atoms with E-state index in [9.17, 15) is 0 Å². The van der Waals surface area contributed by atoms with Crippen molar-refractivity contribution in [3.8, 4) is 0 Å². The van der Waals surface area contributed by atoms with Crippen LogP contribution in [0.5, 0.6) is 0 Å². The van der Waals surface area contributed by atoms with Gasteiger partial charge in [-0.3, -0.25) is 0 Å². The zero-order valence-electron chi connectivity index (χ0n) is 11.9. The summed E-state index contributed by atoms with van der Waals surface area (Å²) in [7, 11) is 0. The number of hydrogen-bond donors (Lipinski definition) is 1. The zero-order valence-corrected chi connectivity index (χ0v) is 11.9. The predicted octanol–water partition coefficient (Wildman–Crippen LogP) is 3.28.